The van der Waals surface area contributed by atoms with E-state index in [0.29, 0.717) is 6.04 Å². The molecule has 2 fully saturated rings. The molecule has 3 nitrogen and oxygen atoms in total. The lowest BCUT2D eigenvalue weighted by atomic mass is 10.0. The van der Waals surface area contributed by atoms with Crippen molar-refractivity contribution in [2.45, 2.75) is 37.8 Å². The molecule has 1 atom stereocenters. The minimum absolute atomic E-state index is 0.677. The summed E-state index contributed by atoms with van der Waals surface area (Å²) in [6.07, 6.45) is 5.39. The van der Waals surface area contributed by atoms with Crippen molar-refractivity contribution in [1.29, 1.82) is 0 Å². The first-order valence-electron chi connectivity index (χ1n) is 7.51. The molecule has 19 heavy (non-hydrogen) atoms. The highest BCUT2D eigenvalue weighted by Crippen LogP contribution is 2.30. The van der Waals surface area contributed by atoms with Crippen LogP contribution in [0.2, 0.25) is 0 Å². The van der Waals surface area contributed by atoms with Gasteiger partial charge < -0.3 is 15.1 Å². The first kappa shape index (κ1) is 12.8. The second kappa shape index (κ2) is 5.41. The Kier molecular flexibility index (Phi) is 3.65. The van der Waals surface area contributed by atoms with Crippen LogP contribution in [0, 0.1) is 0 Å². The van der Waals surface area contributed by atoms with Crippen molar-refractivity contribution in [1.82, 2.24) is 5.32 Å². The van der Waals surface area contributed by atoms with Gasteiger partial charge in [0, 0.05) is 39.3 Å². The molecule has 1 aromatic carbocycles. The van der Waals surface area contributed by atoms with Gasteiger partial charge in [-0.2, -0.15) is 0 Å². The average Bonchev–Trinajstić information content (AvgIpc) is 3.23. The van der Waals surface area contributed by atoms with Gasteiger partial charge in [-0.15, -0.1) is 0 Å². The van der Waals surface area contributed by atoms with Gasteiger partial charge in [-0.05, 0) is 37.8 Å². The lowest BCUT2D eigenvalue weighted by Crippen LogP contribution is -2.46. The zero-order chi connectivity index (χ0) is 13.2. The lowest BCUT2D eigenvalue weighted by Gasteiger charge is -2.36. The number of anilines is 2. The number of benzene rings is 1. The van der Waals surface area contributed by atoms with Crippen molar-refractivity contribution in [3.05, 3.63) is 24.3 Å². The summed E-state index contributed by atoms with van der Waals surface area (Å²) in [5, 5.41) is 3.79. The molecule has 0 spiro atoms. The molecule has 3 rings (SSSR count). The van der Waals surface area contributed by atoms with Crippen molar-refractivity contribution in [3.63, 3.8) is 0 Å². The molecule has 1 unspecified atom stereocenters. The van der Waals surface area contributed by atoms with Gasteiger partial charge in [-0.25, -0.2) is 0 Å². The van der Waals surface area contributed by atoms with E-state index >= 15 is 0 Å². The molecule has 1 heterocycles. The fourth-order valence-corrected chi connectivity index (χ4v) is 3.03. The van der Waals surface area contributed by atoms with Gasteiger partial charge >= 0.3 is 0 Å². The predicted molar refractivity (Wildman–Crippen MR) is 82.2 cm³/mol. The number of hydrogen-bond donors (Lipinski definition) is 1. The van der Waals surface area contributed by atoms with Crippen LogP contribution in [0.5, 0.6) is 0 Å². The number of para-hydroxylation sites is 2. The van der Waals surface area contributed by atoms with Gasteiger partial charge in [0.1, 0.15) is 0 Å². The van der Waals surface area contributed by atoms with Gasteiger partial charge in [0.05, 0.1) is 11.4 Å². The van der Waals surface area contributed by atoms with Crippen LogP contribution in [-0.2, 0) is 0 Å². The first-order chi connectivity index (χ1) is 9.24. The Morgan fingerprint density at radius 2 is 1.89 bits per heavy atom. The maximum absolute atomic E-state index is 3.79. The summed E-state index contributed by atoms with van der Waals surface area (Å²) >= 11 is 0. The topological polar surface area (TPSA) is 18.5 Å². The van der Waals surface area contributed by atoms with Crippen LogP contribution in [0.15, 0.2) is 24.3 Å². The molecule has 104 valence electrons. The van der Waals surface area contributed by atoms with Gasteiger partial charge in [-0.1, -0.05) is 12.1 Å². The average molecular weight is 259 g/mol. The van der Waals surface area contributed by atoms with Gasteiger partial charge in [0.15, 0.2) is 0 Å². The summed E-state index contributed by atoms with van der Waals surface area (Å²) in [4.78, 5) is 4.77. The smallest absolute Gasteiger partial charge is 0.0604 e. The Balaban J connectivity index is 1.73. The fourth-order valence-electron chi connectivity index (χ4n) is 3.03. The molecule has 1 aliphatic heterocycles. The summed E-state index contributed by atoms with van der Waals surface area (Å²) in [5.74, 6) is 0. The van der Waals surface area contributed by atoms with E-state index in [-0.39, 0.29) is 0 Å². The zero-order valence-electron chi connectivity index (χ0n) is 12.1. The maximum atomic E-state index is 3.79. The minimum Gasteiger partial charge on any atom is -0.376 e. The van der Waals surface area contributed by atoms with Crippen LogP contribution < -0.4 is 15.1 Å². The van der Waals surface area contributed by atoms with Crippen molar-refractivity contribution in [2.24, 2.45) is 0 Å². The maximum Gasteiger partial charge on any atom is 0.0604 e. The normalized spacial score (nSPS) is 23.5. The highest BCUT2D eigenvalue weighted by molar-refractivity contribution is 5.70. The van der Waals surface area contributed by atoms with E-state index in [2.05, 4.69) is 53.5 Å². The molecule has 0 bridgehead atoms. The number of hydrogen-bond acceptors (Lipinski definition) is 3. The van der Waals surface area contributed by atoms with Gasteiger partial charge in [0.25, 0.3) is 0 Å². The third kappa shape index (κ3) is 3.03. The number of piperidine rings is 1. The first-order valence-corrected chi connectivity index (χ1v) is 7.51. The van der Waals surface area contributed by atoms with Crippen LogP contribution >= 0.6 is 0 Å². The molecule has 0 radical (unpaired) electrons. The van der Waals surface area contributed by atoms with Crippen molar-refractivity contribution in [2.75, 3.05) is 37.0 Å². The Bertz CT molecular complexity index is 426. The number of nitrogens with zero attached hydrogens (tertiary/aromatic N) is 2. The monoisotopic (exact) mass is 259 g/mol. The molecule has 1 aliphatic carbocycles. The van der Waals surface area contributed by atoms with Gasteiger partial charge in [-0.3, -0.25) is 0 Å². The Morgan fingerprint density at radius 3 is 2.63 bits per heavy atom. The van der Waals surface area contributed by atoms with E-state index < -0.39 is 0 Å². The summed E-state index contributed by atoms with van der Waals surface area (Å²) in [7, 11) is 4.26. The van der Waals surface area contributed by atoms with E-state index in [1.807, 2.05) is 0 Å². The SMILES string of the molecule is CN(C)c1ccccc1N1CCCC(NC2CC2)C1. The molecule has 0 aromatic heterocycles. The fraction of sp³-hybridized carbons (Fsp3) is 0.625. The largest absolute Gasteiger partial charge is 0.376 e. The summed E-state index contributed by atoms with van der Waals surface area (Å²) in [5.41, 5.74) is 2.71. The van der Waals surface area contributed by atoms with E-state index in [4.69, 9.17) is 0 Å². The van der Waals surface area contributed by atoms with Gasteiger partial charge in [0.2, 0.25) is 0 Å². The molecular weight excluding hydrogens is 234 g/mol. The standard InChI is InChI=1S/C16H25N3/c1-18(2)15-7-3-4-8-16(15)19-11-5-6-14(12-19)17-13-9-10-13/h3-4,7-8,13-14,17H,5-6,9-12H2,1-2H3. The summed E-state index contributed by atoms with van der Waals surface area (Å²) < 4.78 is 0. The van der Waals surface area contributed by atoms with E-state index in [9.17, 15) is 0 Å². The second-order valence-electron chi connectivity index (χ2n) is 6.11. The summed E-state index contributed by atoms with van der Waals surface area (Å²) in [6.45, 7) is 2.34. The minimum atomic E-state index is 0.677. The Hall–Kier alpha value is -1.22. The van der Waals surface area contributed by atoms with Crippen molar-refractivity contribution in [3.8, 4) is 0 Å². The van der Waals surface area contributed by atoms with Crippen LogP contribution in [0.4, 0.5) is 11.4 Å². The van der Waals surface area contributed by atoms with Crippen LogP contribution in [0.3, 0.4) is 0 Å². The van der Waals surface area contributed by atoms with E-state index in [0.717, 1.165) is 12.6 Å². The van der Waals surface area contributed by atoms with Crippen LogP contribution in [-0.4, -0.2) is 39.3 Å². The highest BCUT2D eigenvalue weighted by Gasteiger charge is 2.28. The number of rotatable bonds is 4. The molecule has 1 N–H and O–H groups in total. The summed E-state index contributed by atoms with van der Waals surface area (Å²) in [6, 6.07) is 10.2. The van der Waals surface area contributed by atoms with E-state index in [1.165, 1.54) is 43.6 Å². The van der Waals surface area contributed by atoms with E-state index in [1.54, 1.807) is 0 Å². The Morgan fingerprint density at radius 1 is 1.11 bits per heavy atom. The molecule has 1 saturated carbocycles. The lowest BCUT2D eigenvalue weighted by molar-refractivity contribution is 0.420. The molecular formula is C16H25N3. The third-order valence-corrected chi connectivity index (χ3v) is 4.17. The third-order valence-electron chi connectivity index (χ3n) is 4.17. The molecule has 2 aliphatic rings. The zero-order valence-corrected chi connectivity index (χ0v) is 12.1. The van der Waals surface area contributed by atoms with Crippen molar-refractivity contribution >= 4 is 11.4 Å². The molecule has 1 aromatic rings. The second-order valence-corrected chi connectivity index (χ2v) is 6.11. The molecule has 0 amide bonds. The number of nitrogens with one attached hydrogen (secondary N) is 1. The molecule has 3 heteroatoms. The Labute approximate surface area is 116 Å². The van der Waals surface area contributed by atoms with Crippen molar-refractivity contribution < 1.29 is 0 Å². The highest BCUT2D eigenvalue weighted by atomic mass is 15.2. The molecule has 1 saturated heterocycles. The van der Waals surface area contributed by atoms with Crippen LogP contribution in [0.25, 0.3) is 0 Å². The quantitative estimate of drug-likeness (QED) is 0.896. The predicted octanol–water partition coefficient (Wildman–Crippen LogP) is 2.47. The van der Waals surface area contributed by atoms with Crippen LogP contribution in [0.1, 0.15) is 25.7 Å².